The summed E-state index contributed by atoms with van der Waals surface area (Å²) in [4.78, 5) is 19.3. The normalized spacial score (nSPS) is 13.2. The fourth-order valence-electron chi connectivity index (χ4n) is 3.87. The average Bonchev–Trinajstić information content (AvgIpc) is 3.68. The molecule has 192 valence electrons. The Kier molecular flexibility index (Phi) is 6.62. The lowest BCUT2D eigenvalue weighted by atomic mass is 10.1. The number of amides is 1. The van der Waals surface area contributed by atoms with E-state index in [0.29, 0.717) is 35.0 Å². The fraction of sp³-hybridized carbons (Fsp3) is 0.231. The van der Waals surface area contributed by atoms with Gasteiger partial charge in [-0.3, -0.25) is 10.1 Å². The number of aromatic amines is 1. The molecular weight excluding hydrogens is 496 g/mol. The summed E-state index contributed by atoms with van der Waals surface area (Å²) in [6.07, 6.45) is 1.77. The Labute approximate surface area is 214 Å². The average molecular weight is 523 g/mol. The van der Waals surface area contributed by atoms with Crippen molar-refractivity contribution in [1.82, 2.24) is 9.97 Å². The van der Waals surface area contributed by atoms with Gasteiger partial charge in [0.15, 0.2) is 11.5 Å². The van der Waals surface area contributed by atoms with Crippen molar-refractivity contribution in [2.24, 2.45) is 5.92 Å². The molecule has 1 amide bonds. The first-order valence-electron chi connectivity index (χ1n) is 11.7. The molecule has 0 saturated heterocycles. The van der Waals surface area contributed by atoms with Crippen LogP contribution in [-0.4, -0.2) is 38.5 Å². The van der Waals surface area contributed by atoms with E-state index in [-0.39, 0.29) is 22.5 Å². The van der Waals surface area contributed by atoms with Gasteiger partial charge in [0.05, 0.1) is 25.3 Å². The molecule has 0 radical (unpaired) electrons. The van der Waals surface area contributed by atoms with E-state index < -0.39 is 10.1 Å². The van der Waals surface area contributed by atoms with Crippen molar-refractivity contribution in [3.05, 3.63) is 66.2 Å². The highest BCUT2D eigenvalue weighted by atomic mass is 32.2. The number of fused-ring (bicyclic) bond motifs is 1. The van der Waals surface area contributed by atoms with Crippen LogP contribution in [0.4, 0.5) is 11.6 Å². The molecule has 0 atom stereocenters. The van der Waals surface area contributed by atoms with Crippen molar-refractivity contribution in [2.75, 3.05) is 24.9 Å². The number of anilines is 2. The van der Waals surface area contributed by atoms with Gasteiger partial charge in [0, 0.05) is 29.8 Å². The number of imidazole rings is 1. The van der Waals surface area contributed by atoms with Crippen LogP contribution in [-0.2, 0) is 21.5 Å². The molecule has 37 heavy (non-hydrogen) atoms. The van der Waals surface area contributed by atoms with E-state index in [1.807, 2.05) is 18.2 Å². The highest BCUT2D eigenvalue weighted by molar-refractivity contribution is 7.87. The Hall–Kier alpha value is -4.25. The second kappa shape index (κ2) is 10.0. The Morgan fingerprint density at radius 1 is 1.05 bits per heavy atom. The number of carbonyl (C=O) groups excluding carboxylic acids is 1. The second-order valence-electron chi connectivity index (χ2n) is 8.60. The van der Waals surface area contributed by atoms with Crippen molar-refractivity contribution >= 4 is 38.7 Å². The van der Waals surface area contributed by atoms with Gasteiger partial charge in [-0.1, -0.05) is 12.1 Å². The number of carbonyl (C=O) groups is 1. The number of para-hydroxylation sites is 1. The van der Waals surface area contributed by atoms with E-state index in [2.05, 4.69) is 20.6 Å². The molecule has 5 rings (SSSR count). The predicted molar refractivity (Wildman–Crippen MR) is 139 cm³/mol. The zero-order chi connectivity index (χ0) is 26.0. The smallest absolute Gasteiger partial charge is 0.339 e. The molecule has 1 aliphatic rings. The number of ether oxygens (including phenoxy) is 2. The van der Waals surface area contributed by atoms with Gasteiger partial charge in [-0.2, -0.15) is 8.42 Å². The van der Waals surface area contributed by atoms with Crippen molar-refractivity contribution in [3.8, 4) is 17.2 Å². The number of nitrogens with zero attached hydrogens (tertiary/aromatic N) is 1. The highest BCUT2D eigenvalue weighted by Gasteiger charge is 2.30. The Morgan fingerprint density at radius 2 is 1.84 bits per heavy atom. The monoisotopic (exact) mass is 522 g/mol. The molecule has 1 aliphatic carbocycles. The molecule has 0 aliphatic heterocycles. The van der Waals surface area contributed by atoms with Crippen molar-refractivity contribution in [2.45, 2.75) is 24.3 Å². The molecular formula is C26H26N4O6S. The summed E-state index contributed by atoms with van der Waals surface area (Å²) >= 11 is 0. The lowest BCUT2D eigenvalue weighted by Crippen LogP contribution is -2.14. The minimum absolute atomic E-state index is 0.0131. The Morgan fingerprint density at radius 3 is 2.54 bits per heavy atom. The summed E-state index contributed by atoms with van der Waals surface area (Å²) in [6, 6.07) is 16.6. The van der Waals surface area contributed by atoms with Crippen LogP contribution in [0.5, 0.6) is 17.2 Å². The maximum absolute atomic E-state index is 12.9. The number of benzene rings is 3. The van der Waals surface area contributed by atoms with Crippen LogP contribution in [0.2, 0.25) is 0 Å². The zero-order valence-electron chi connectivity index (χ0n) is 20.3. The third-order valence-corrected chi connectivity index (χ3v) is 7.22. The molecule has 11 heteroatoms. The van der Waals surface area contributed by atoms with E-state index >= 15 is 0 Å². The van der Waals surface area contributed by atoms with Gasteiger partial charge in [-0.15, -0.1) is 0 Å². The maximum Gasteiger partial charge on any atom is 0.339 e. The molecule has 1 fully saturated rings. The number of nitrogens with one attached hydrogen (secondary N) is 3. The van der Waals surface area contributed by atoms with Crippen LogP contribution in [0.25, 0.3) is 11.0 Å². The van der Waals surface area contributed by atoms with Crippen molar-refractivity contribution < 1.29 is 26.9 Å². The molecule has 10 nitrogen and oxygen atoms in total. The first-order valence-corrected chi connectivity index (χ1v) is 13.1. The first kappa shape index (κ1) is 24.4. The van der Waals surface area contributed by atoms with Gasteiger partial charge >= 0.3 is 10.1 Å². The van der Waals surface area contributed by atoms with Gasteiger partial charge < -0.3 is 24.0 Å². The minimum Gasteiger partial charge on any atom is -0.493 e. The van der Waals surface area contributed by atoms with E-state index in [4.69, 9.17) is 13.7 Å². The van der Waals surface area contributed by atoms with E-state index in [1.54, 1.807) is 32.4 Å². The molecule has 1 saturated carbocycles. The number of H-pyrrole nitrogens is 1. The summed E-state index contributed by atoms with van der Waals surface area (Å²) in [5.74, 6) is 1.69. The van der Waals surface area contributed by atoms with E-state index in [1.165, 1.54) is 24.3 Å². The molecule has 0 unspecified atom stereocenters. The van der Waals surface area contributed by atoms with Gasteiger partial charge in [0.1, 0.15) is 10.6 Å². The van der Waals surface area contributed by atoms with Gasteiger partial charge in [-0.25, -0.2) is 4.98 Å². The summed E-state index contributed by atoms with van der Waals surface area (Å²) < 4.78 is 41.8. The minimum atomic E-state index is -4.07. The zero-order valence-corrected chi connectivity index (χ0v) is 21.1. The van der Waals surface area contributed by atoms with E-state index in [9.17, 15) is 13.2 Å². The summed E-state index contributed by atoms with van der Waals surface area (Å²) in [6.45, 7) is 0.455. The highest BCUT2D eigenvalue weighted by Crippen LogP contribution is 2.32. The van der Waals surface area contributed by atoms with Crippen LogP contribution in [0.3, 0.4) is 0 Å². The summed E-state index contributed by atoms with van der Waals surface area (Å²) in [5, 5.41) is 5.99. The van der Waals surface area contributed by atoms with Gasteiger partial charge in [0.2, 0.25) is 11.9 Å². The lowest BCUT2D eigenvalue weighted by molar-refractivity contribution is -0.117. The molecule has 3 N–H and O–H groups in total. The van der Waals surface area contributed by atoms with Crippen LogP contribution in [0, 0.1) is 5.92 Å². The van der Waals surface area contributed by atoms with Crippen LogP contribution in [0.1, 0.15) is 18.4 Å². The van der Waals surface area contributed by atoms with Gasteiger partial charge in [-0.05, 0) is 55.3 Å². The predicted octanol–water partition coefficient (Wildman–Crippen LogP) is 4.31. The Balaban J connectivity index is 1.25. The number of rotatable bonds is 10. The maximum atomic E-state index is 12.9. The Bertz CT molecular complexity index is 1550. The van der Waals surface area contributed by atoms with Crippen LogP contribution in [0.15, 0.2) is 65.6 Å². The van der Waals surface area contributed by atoms with Gasteiger partial charge in [0.25, 0.3) is 0 Å². The largest absolute Gasteiger partial charge is 0.493 e. The molecule has 0 spiro atoms. The number of hydrogen-bond acceptors (Lipinski definition) is 8. The lowest BCUT2D eigenvalue weighted by Gasteiger charge is -2.14. The number of methoxy groups -OCH3 is 2. The quantitative estimate of drug-likeness (QED) is 0.263. The van der Waals surface area contributed by atoms with Crippen molar-refractivity contribution in [1.29, 1.82) is 0 Å². The summed E-state index contributed by atoms with van der Waals surface area (Å²) in [5.41, 5.74) is 2.75. The second-order valence-corrected chi connectivity index (χ2v) is 10.1. The van der Waals surface area contributed by atoms with E-state index in [0.717, 1.165) is 24.1 Å². The van der Waals surface area contributed by atoms with Crippen LogP contribution >= 0.6 is 0 Å². The molecule has 1 aromatic heterocycles. The molecule has 1 heterocycles. The summed E-state index contributed by atoms with van der Waals surface area (Å²) in [7, 11) is -0.909. The molecule has 4 aromatic rings. The molecule has 0 bridgehead atoms. The first-order chi connectivity index (χ1) is 17.9. The number of hydrogen-bond donors (Lipinski definition) is 3. The SMILES string of the molecule is COc1cccc(CNc2ccc(S(=O)(=O)Oc3ccc4nc(NC(=O)C5CC5)[nH]c4c3)cc2)c1OC. The third kappa shape index (κ3) is 5.46. The topological polar surface area (TPSA) is 132 Å². The fourth-order valence-corrected chi connectivity index (χ4v) is 4.79. The molecule has 3 aromatic carbocycles. The third-order valence-electron chi connectivity index (χ3n) is 5.96. The van der Waals surface area contributed by atoms with Crippen LogP contribution < -0.4 is 24.3 Å². The number of aromatic nitrogens is 2. The van der Waals surface area contributed by atoms with Crippen molar-refractivity contribution in [3.63, 3.8) is 0 Å². The standard InChI is InChI=1S/C26H26N4O6S/c1-34-23-5-3-4-17(24(23)35-2)15-27-18-8-11-20(12-9-18)37(32,33)36-19-10-13-21-22(14-19)29-26(28-21)30-25(31)16-6-7-16/h3-5,8-14,16,27H,6-7,15H2,1-2H3,(H2,28,29,30,31).